The highest BCUT2D eigenvalue weighted by Gasteiger charge is 2.21. The number of thiophene rings is 1. The molecule has 0 unspecified atom stereocenters. The maximum absolute atomic E-state index is 12.3. The minimum absolute atomic E-state index is 0.242. The van der Waals surface area contributed by atoms with E-state index < -0.39 is 0 Å². The lowest BCUT2D eigenvalue weighted by Crippen LogP contribution is -2.49. The second-order valence-corrected chi connectivity index (χ2v) is 7.05. The molecular formula is C16H17BrN2OS. The number of anilines is 1. The third kappa shape index (κ3) is 3.66. The van der Waals surface area contributed by atoms with Crippen LogP contribution in [-0.4, -0.2) is 37.0 Å². The molecular weight excluding hydrogens is 348 g/mol. The number of hydrogen-bond acceptors (Lipinski definition) is 3. The molecule has 1 amide bonds. The Balaban J connectivity index is 1.56. The van der Waals surface area contributed by atoms with Crippen molar-refractivity contribution in [1.82, 2.24) is 4.90 Å². The first-order chi connectivity index (χ1) is 10.2. The number of carbonyl (C=O) groups excluding carboxylic acids is 1. The van der Waals surface area contributed by atoms with Gasteiger partial charge in [0.15, 0.2) is 0 Å². The van der Waals surface area contributed by atoms with Crippen LogP contribution in [0.5, 0.6) is 0 Å². The van der Waals surface area contributed by atoms with Gasteiger partial charge in [-0.15, -0.1) is 11.3 Å². The van der Waals surface area contributed by atoms with Crippen molar-refractivity contribution in [1.29, 1.82) is 0 Å². The Hall–Kier alpha value is -1.33. The summed E-state index contributed by atoms with van der Waals surface area (Å²) in [6.07, 6.45) is 0.536. The maximum Gasteiger partial charge on any atom is 0.227 e. The molecule has 21 heavy (non-hydrogen) atoms. The molecule has 1 aliphatic rings. The van der Waals surface area contributed by atoms with Crippen molar-refractivity contribution in [2.75, 3.05) is 31.1 Å². The lowest BCUT2D eigenvalue weighted by molar-refractivity contribution is -0.130. The van der Waals surface area contributed by atoms with Crippen LogP contribution in [-0.2, 0) is 11.2 Å². The zero-order valence-electron chi connectivity index (χ0n) is 11.7. The number of benzene rings is 1. The van der Waals surface area contributed by atoms with Crippen molar-refractivity contribution in [2.45, 2.75) is 6.42 Å². The van der Waals surface area contributed by atoms with E-state index in [2.05, 4.69) is 33.0 Å². The largest absolute Gasteiger partial charge is 0.368 e. The minimum atomic E-state index is 0.242. The van der Waals surface area contributed by atoms with Gasteiger partial charge in [-0.25, -0.2) is 0 Å². The molecule has 1 aromatic carbocycles. The Bertz CT molecular complexity index is 606. The zero-order valence-corrected chi connectivity index (χ0v) is 14.1. The molecule has 2 heterocycles. The van der Waals surface area contributed by atoms with Crippen LogP contribution in [0.25, 0.3) is 0 Å². The Morgan fingerprint density at radius 2 is 1.95 bits per heavy atom. The lowest BCUT2D eigenvalue weighted by Gasteiger charge is -2.36. The second kappa shape index (κ2) is 6.62. The number of nitrogens with zero attached hydrogens (tertiary/aromatic N) is 2. The van der Waals surface area contributed by atoms with E-state index in [1.54, 1.807) is 11.3 Å². The highest BCUT2D eigenvalue weighted by atomic mass is 79.9. The van der Waals surface area contributed by atoms with Crippen molar-refractivity contribution in [3.8, 4) is 0 Å². The predicted molar refractivity (Wildman–Crippen MR) is 91.0 cm³/mol. The van der Waals surface area contributed by atoms with Gasteiger partial charge in [0.05, 0.1) is 6.42 Å². The summed E-state index contributed by atoms with van der Waals surface area (Å²) < 4.78 is 1.09. The summed E-state index contributed by atoms with van der Waals surface area (Å²) in [5, 5.41) is 2.02. The van der Waals surface area contributed by atoms with E-state index in [1.165, 1.54) is 5.69 Å². The summed E-state index contributed by atoms with van der Waals surface area (Å²) in [6.45, 7) is 3.40. The molecule has 0 radical (unpaired) electrons. The zero-order chi connectivity index (χ0) is 14.7. The van der Waals surface area contributed by atoms with Crippen LogP contribution in [0.1, 0.15) is 4.88 Å². The van der Waals surface area contributed by atoms with Gasteiger partial charge < -0.3 is 9.80 Å². The SMILES string of the molecule is O=C(Cc1cccs1)N1CCN(c2cccc(Br)c2)CC1. The highest BCUT2D eigenvalue weighted by molar-refractivity contribution is 9.10. The molecule has 1 fully saturated rings. The average Bonchev–Trinajstić information content (AvgIpc) is 3.00. The van der Waals surface area contributed by atoms with Crippen molar-refractivity contribution < 1.29 is 4.79 Å². The number of piperazine rings is 1. The molecule has 0 bridgehead atoms. The summed E-state index contributed by atoms with van der Waals surface area (Å²) in [4.78, 5) is 17.7. The van der Waals surface area contributed by atoms with Crippen LogP contribution in [0.4, 0.5) is 5.69 Å². The second-order valence-electron chi connectivity index (χ2n) is 5.10. The average molecular weight is 365 g/mol. The van der Waals surface area contributed by atoms with E-state index in [0.29, 0.717) is 6.42 Å². The molecule has 0 N–H and O–H groups in total. The molecule has 3 rings (SSSR count). The monoisotopic (exact) mass is 364 g/mol. The Morgan fingerprint density at radius 1 is 1.14 bits per heavy atom. The van der Waals surface area contributed by atoms with Crippen molar-refractivity contribution >= 4 is 38.9 Å². The third-order valence-corrected chi connectivity index (χ3v) is 5.08. The summed E-state index contributed by atoms with van der Waals surface area (Å²) in [6, 6.07) is 12.4. The first-order valence-corrected chi connectivity index (χ1v) is 8.70. The van der Waals surface area contributed by atoms with Gasteiger partial charge >= 0.3 is 0 Å². The summed E-state index contributed by atoms with van der Waals surface area (Å²) in [5.74, 6) is 0.242. The van der Waals surface area contributed by atoms with Crippen LogP contribution in [0.15, 0.2) is 46.3 Å². The van der Waals surface area contributed by atoms with Crippen LogP contribution >= 0.6 is 27.3 Å². The van der Waals surface area contributed by atoms with E-state index in [4.69, 9.17) is 0 Å². The number of halogens is 1. The van der Waals surface area contributed by atoms with Gasteiger partial charge in [0.2, 0.25) is 5.91 Å². The normalized spacial score (nSPS) is 15.3. The Morgan fingerprint density at radius 3 is 2.62 bits per heavy atom. The summed E-state index contributed by atoms with van der Waals surface area (Å²) in [7, 11) is 0. The number of hydrogen-bond donors (Lipinski definition) is 0. The van der Waals surface area contributed by atoms with Gasteiger partial charge in [-0.2, -0.15) is 0 Å². The highest BCUT2D eigenvalue weighted by Crippen LogP contribution is 2.21. The molecule has 2 aromatic rings. The molecule has 0 saturated carbocycles. The van der Waals surface area contributed by atoms with E-state index in [9.17, 15) is 4.79 Å². The molecule has 5 heteroatoms. The van der Waals surface area contributed by atoms with Crippen molar-refractivity contribution in [3.63, 3.8) is 0 Å². The summed E-state index contributed by atoms with van der Waals surface area (Å²) >= 11 is 5.16. The fourth-order valence-electron chi connectivity index (χ4n) is 2.56. The summed E-state index contributed by atoms with van der Waals surface area (Å²) in [5.41, 5.74) is 1.22. The van der Waals surface area contributed by atoms with Crippen molar-refractivity contribution in [3.05, 3.63) is 51.1 Å². The van der Waals surface area contributed by atoms with E-state index in [1.807, 2.05) is 34.5 Å². The van der Waals surface area contributed by atoms with E-state index in [0.717, 1.165) is 35.5 Å². The van der Waals surface area contributed by atoms with Crippen LogP contribution < -0.4 is 4.90 Å². The van der Waals surface area contributed by atoms with Gasteiger partial charge in [-0.1, -0.05) is 28.1 Å². The van der Waals surface area contributed by atoms with Gasteiger partial charge in [0.1, 0.15) is 0 Å². The smallest absolute Gasteiger partial charge is 0.227 e. The quantitative estimate of drug-likeness (QED) is 0.833. The van der Waals surface area contributed by atoms with Gasteiger partial charge in [0, 0.05) is 41.2 Å². The molecule has 0 atom stereocenters. The fourth-order valence-corrected chi connectivity index (χ4v) is 3.64. The van der Waals surface area contributed by atoms with Gasteiger partial charge in [0.25, 0.3) is 0 Å². The number of carbonyl (C=O) groups is 1. The molecule has 1 saturated heterocycles. The topological polar surface area (TPSA) is 23.6 Å². The van der Waals surface area contributed by atoms with Crippen LogP contribution in [0.3, 0.4) is 0 Å². The molecule has 1 aromatic heterocycles. The van der Waals surface area contributed by atoms with E-state index >= 15 is 0 Å². The molecule has 0 aliphatic carbocycles. The Labute approximate surface area is 137 Å². The molecule has 1 aliphatic heterocycles. The fraction of sp³-hybridized carbons (Fsp3) is 0.312. The predicted octanol–water partition coefficient (Wildman–Crippen LogP) is 3.40. The van der Waals surface area contributed by atoms with Gasteiger partial charge in [-0.3, -0.25) is 4.79 Å². The molecule has 0 spiro atoms. The molecule has 110 valence electrons. The van der Waals surface area contributed by atoms with E-state index in [-0.39, 0.29) is 5.91 Å². The minimum Gasteiger partial charge on any atom is -0.368 e. The van der Waals surface area contributed by atoms with Crippen LogP contribution in [0.2, 0.25) is 0 Å². The number of rotatable bonds is 3. The van der Waals surface area contributed by atoms with Gasteiger partial charge in [-0.05, 0) is 29.6 Å². The lowest BCUT2D eigenvalue weighted by atomic mass is 10.2. The first-order valence-electron chi connectivity index (χ1n) is 7.03. The third-order valence-electron chi connectivity index (χ3n) is 3.71. The number of amides is 1. The standard InChI is InChI=1S/C16H17BrN2OS/c17-13-3-1-4-14(11-13)18-6-8-19(9-7-18)16(20)12-15-5-2-10-21-15/h1-5,10-11H,6-9,12H2. The molecule has 3 nitrogen and oxygen atoms in total. The van der Waals surface area contributed by atoms with Crippen LogP contribution in [0, 0.1) is 0 Å². The van der Waals surface area contributed by atoms with Crippen molar-refractivity contribution in [2.24, 2.45) is 0 Å². The maximum atomic E-state index is 12.3. The first kappa shape index (κ1) is 14.6. The Kier molecular flexibility index (Phi) is 4.60.